The molecule has 0 rings (SSSR count). The second-order valence-electron chi connectivity index (χ2n) is 11.4. The number of rotatable bonds is 31. The fourth-order valence-corrected chi connectivity index (χ4v) is 4.10. The minimum Gasteiger partial charge on any atom is -0.432 e. The van der Waals surface area contributed by atoms with Crippen LogP contribution in [-0.4, -0.2) is 116 Å². The van der Waals surface area contributed by atoms with Gasteiger partial charge in [-0.1, -0.05) is 22.3 Å². The lowest BCUT2D eigenvalue weighted by atomic mass is 9.88. The zero-order valence-corrected chi connectivity index (χ0v) is 30.1. The van der Waals surface area contributed by atoms with Gasteiger partial charge in [0.05, 0.1) is 39.6 Å². The summed E-state index contributed by atoms with van der Waals surface area (Å²) in [5.74, 6) is 0. The van der Waals surface area contributed by atoms with Crippen LogP contribution < -0.4 is 0 Å². The van der Waals surface area contributed by atoms with Crippen LogP contribution in [0.3, 0.4) is 0 Å². The molecule has 0 aromatic heterocycles. The van der Waals surface area contributed by atoms with Gasteiger partial charge >= 0.3 is 18.5 Å². The van der Waals surface area contributed by atoms with Gasteiger partial charge < -0.3 is 42.6 Å². The van der Waals surface area contributed by atoms with Crippen LogP contribution in [0.25, 0.3) is 31.3 Å². The van der Waals surface area contributed by atoms with Gasteiger partial charge in [0.1, 0.15) is 38.1 Å². The molecule has 0 aliphatic carbocycles. The van der Waals surface area contributed by atoms with E-state index in [0.29, 0.717) is 64.6 Å². The Balaban J connectivity index is 4.80. The highest BCUT2D eigenvalue weighted by Gasteiger charge is 2.30. The summed E-state index contributed by atoms with van der Waals surface area (Å²) in [6.07, 6.45) is 0.0313. The van der Waals surface area contributed by atoms with E-state index >= 15 is 0 Å². The smallest absolute Gasteiger partial charge is 0.432 e. The van der Waals surface area contributed by atoms with Crippen LogP contribution in [0.5, 0.6) is 0 Å². The fraction of sp³-hybridized carbons (Fsp3) is 0.900. The van der Waals surface area contributed by atoms with Crippen molar-refractivity contribution in [3.05, 3.63) is 31.3 Å². The van der Waals surface area contributed by atoms with E-state index in [-0.39, 0.29) is 59.5 Å². The topological polar surface area (TPSA) is 281 Å². The molecule has 0 spiro atoms. The predicted octanol–water partition coefficient (Wildman–Crippen LogP) is 7.33. The Morgan fingerprint density at radius 3 is 1.10 bits per heavy atom. The van der Waals surface area contributed by atoms with E-state index in [1.165, 1.54) is 0 Å². The fourth-order valence-electron chi connectivity index (χ4n) is 4.10. The molecular formula is C30H53N9O12. The molecule has 0 bridgehead atoms. The Labute approximate surface area is 297 Å². The summed E-state index contributed by atoms with van der Waals surface area (Å²) in [7, 11) is 0. The van der Waals surface area contributed by atoms with Crippen LogP contribution in [-0.2, 0) is 42.6 Å². The molecule has 290 valence electrons. The number of carbonyl (C=O) groups is 3. The first kappa shape index (κ1) is 46.6. The average Bonchev–Trinajstić information content (AvgIpc) is 3.09. The van der Waals surface area contributed by atoms with Crippen molar-refractivity contribution in [3.8, 4) is 0 Å². The van der Waals surface area contributed by atoms with Gasteiger partial charge in [-0.15, -0.1) is 0 Å². The van der Waals surface area contributed by atoms with Gasteiger partial charge in [0.2, 0.25) is 0 Å². The van der Waals surface area contributed by atoms with Crippen molar-refractivity contribution in [1.29, 1.82) is 0 Å². The highest BCUT2D eigenvalue weighted by Crippen LogP contribution is 2.24. The minimum absolute atomic E-state index is 0.0636. The molecule has 0 saturated heterocycles. The van der Waals surface area contributed by atoms with Crippen LogP contribution in [0.4, 0.5) is 14.4 Å². The maximum Gasteiger partial charge on any atom is 0.508 e. The molecule has 0 heterocycles. The van der Waals surface area contributed by atoms with E-state index in [2.05, 4.69) is 30.1 Å². The Morgan fingerprint density at radius 2 is 0.843 bits per heavy atom. The predicted molar refractivity (Wildman–Crippen MR) is 181 cm³/mol. The summed E-state index contributed by atoms with van der Waals surface area (Å²) in [4.78, 5) is 44.0. The zero-order valence-electron chi connectivity index (χ0n) is 30.1. The third kappa shape index (κ3) is 28.1. The van der Waals surface area contributed by atoms with Gasteiger partial charge in [-0.3, -0.25) is 0 Å². The number of ether oxygens (including phenoxy) is 9. The van der Waals surface area contributed by atoms with Gasteiger partial charge in [0.25, 0.3) is 0 Å². The summed E-state index contributed by atoms with van der Waals surface area (Å²) in [5.41, 5.74) is 24.3. The number of carbonyl (C=O) groups excluding carboxylic acids is 3. The summed E-state index contributed by atoms with van der Waals surface area (Å²) >= 11 is 0. The SMILES string of the molecule is CCC(COCCOC(=O)OC(C)CCCN=[N+]=[N-])(COCCOC(=O)OC(C)CCCN=[N+]=[N-])COCCOC(=O)OC(C)CCCN=[N+]=[N-]. The van der Waals surface area contributed by atoms with Crippen molar-refractivity contribution < 1.29 is 57.0 Å². The second-order valence-corrected chi connectivity index (χ2v) is 11.4. The van der Waals surface area contributed by atoms with Gasteiger partial charge in [0, 0.05) is 39.8 Å². The first-order valence-electron chi connectivity index (χ1n) is 16.9. The van der Waals surface area contributed by atoms with E-state index in [1.807, 2.05) is 6.92 Å². The maximum atomic E-state index is 12.0. The van der Waals surface area contributed by atoms with Crippen molar-refractivity contribution in [2.45, 2.75) is 91.0 Å². The molecule has 0 aromatic rings. The van der Waals surface area contributed by atoms with Crippen molar-refractivity contribution in [1.82, 2.24) is 0 Å². The molecule has 0 aromatic carbocycles. The third-order valence-corrected chi connectivity index (χ3v) is 7.01. The lowest BCUT2D eigenvalue weighted by Crippen LogP contribution is -2.38. The number of nitrogens with zero attached hydrogens (tertiary/aromatic N) is 9. The third-order valence-electron chi connectivity index (χ3n) is 7.01. The summed E-state index contributed by atoms with van der Waals surface area (Å²) in [6.45, 7) is 8.43. The van der Waals surface area contributed by atoms with E-state index in [9.17, 15) is 14.4 Å². The Hall–Kier alpha value is -4.38. The Kier molecular flexibility index (Phi) is 28.9. The van der Waals surface area contributed by atoms with E-state index in [4.69, 9.17) is 59.2 Å². The highest BCUT2D eigenvalue weighted by atomic mass is 16.7. The number of azide groups is 3. The monoisotopic (exact) mass is 731 g/mol. The first-order chi connectivity index (χ1) is 24.6. The molecule has 3 unspecified atom stereocenters. The van der Waals surface area contributed by atoms with Crippen LogP contribution in [0.15, 0.2) is 15.3 Å². The van der Waals surface area contributed by atoms with Gasteiger partial charge in [-0.05, 0) is 82.3 Å². The standard InChI is InChI=1S/C30H53N9O12/c1-5-30(21-43-15-18-46-27(40)49-24(2)9-6-12-34-37-31,22-44-16-19-47-28(41)50-25(3)10-7-13-35-38-32)23-45-17-20-48-29(42)51-26(4)11-8-14-36-39-33/h24-26H,5-23H2,1-4H3. The molecule has 51 heavy (non-hydrogen) atoms. The average molecular weight is 732 g/mol. The molecule has 0 aliphatic heterocycles. The zero-order chi connectivity index (χ0) is 38.0. The Bertz CT molecular complexity index is 985. The van der Waals surface area contributed by atoms with Gasteiger partial charge in [0.15, 0.2) is 0 Å². The van der Waals surface area contributed by atoms with Gasteiger partial charge in [-0.25, -0.2) is 14.4 Å². The lowest BCUT2D eigenvalue weighted by Gasteiger charge is -2.32. The molecule has 0 radical (unpaired) electrons. The van der Waals surface area contributed by atoms with Crippen LogP contribution >= 0.6 is 0 Å². The molecular weight excluding hydrogens is 678 g/mol. The van der Waals surface area contributed by atoms with E-state index in [0.717, 1.165) is 0 Å². The molecule has 0 N–H and O–H groups in total. The molecule has 21 heteroatoms. The van der Waals surface area contributed by atoms with E-state index < -0.39 is 42.2 Å². The number of hydrogen-bond acceptors (Lipinski definition) is 15. The first-order valence-corrected chi connectivity index (χ1v) is 16.9. The molecule has 3 atom stereocenters. The minimum atomic E-state index is -0.842. The van der Waals surface area contributed by atoms with E-state index in [1.54, 1.807) is 20.8 Å². The highest BCUT2D eigenvalue weighted by molar-refractivity contribution is 5.60. The van der Waals surface area contributed by atoms with Crippen LogP contribution in [0, 0.1) is 5.41 Å². The quantitative estimate of drug-likeness (QED) is 0.0169. The summed E-state index contributed by atoms with van der Waals surface area (Å²) < 4.78 is 48.2. The maximum absolute atomic E-state index is 12.0. The molecule has 0 saturated carbocycles. The van der Waals surface area contributed by atoms with Crippen molar-refractivity contribution in [3.63, 3.8) is 0 Å². The normalized spacial score (nSPS) is 13.4. The lowest BCUT2D eigenvalue weighted by molar-refractivity contribution is -0.0874. The molecule has 0 amide bonds. The van der Waals surface area contributed by atoms with Crippen molar-refractivity contribution >= 4 is 18.5 Å². The van der Waals surface area contributed by atoms with Crippen LogP contribution in [0.1, 0.15) is 72.6 Å². The van der Waals surface area contributed by atoms with Crippen LogP contribution in [0.2, 0.25) is 0 Å². The summed E-state index contributed by atoms with van der Waals surface area (Å²) in [5, 5.41) is 10.3. The number of hydrogen-bond donors (Lipinski definition) is 0. The molecule has 0 aliphatic rings. The molecule has 0 fully saturated rings. The summed E-state index contributed by atoms with van der Waals surface area (Å²) in [6, 6.07) is 0. The van der Waals surface area contributed by atoms with Crippen molar-refractivity contribution in [2.75, 3.05) is 79.1 Å². The van der Waals surface area contributed by atoms with Gasteiger partial charge in [-0.2, -0.15) is 0 Å². The Morgan fingerprint density at radius 1 is 0.549 bits per heavy atom. The van der Waals surface area contributed by atoms with Crippen molar-refractivity contribution in [2.24, 2.45) is 20.8 Å². The second kappa shape index (κ2) is 31.6. The largest absolute Gasteiger partial charge is 0.508 e. The molecule has 21 nitrogen and oxygen atoms in total.